The predicted molar refractivity (Wildman–Crippen MR) is 82.1 cm³/mol. The summed E-state index contributed by atoms with van der Waals surface area (Å²) in [7, 11) is 0. The molecule has 0 unspecified atom stereocenters. The van der Waals surface area contributed by atoms with Crippen molar-refractivity contribution in [3.8, 4) is 0 Å². The molecule has 1 aliphatic rings. The third kappa shape index (κ3) is 3.73. The Morgan fingerprint density at radius 1 is 1.38 bits per heavy atom. The van der Waals surface area contributed by atoms with Gasteiger partial charge in [-0.1, -0.05) is 20.8 Å². The summed E-state index contributed by atoms with van der Waals surface area (Å²) in [5, 5.41) is 9.33. The standard InChI is InChI=1S/C16H24N2O3/c1-15(2,3)12-8-11(14(19)20)9-13(17-12)18-6-7-21-16(4,5)10-18/h8-9H,6-7,10H2,1-5H3,(H,19,20). The highest BCUT2D eigenvalue weighted by Crippen LogP contribution is 2.27. The van der Waals surface area contributed by atoms with Crippen LogP contribution < -0.4 is 4.90 Å². The summed E-state index contributed by atoms with van der Waals surface area (Å²) in [5.41, 5.74) is 0.638. The summed E-state index contributed by atoms with van der Waals surface area (Å²) in [6.45, 7) is 12.2. The largest absolute Gasteiger partial charge is 0.478 e. The van der Waals surface area contributed by atoms with Gasteiger partial charge < -0.3 is 14.7 Å². The Morgan fingerprint density at radius 3 is 2.57 bits per heavy atom. The number of hydrogen-bond acceptors (Lipinski definition) is 4. The van der Waals surface area contributed by atoms with E-state index < -0.39 is 5.97 Å². The highest BCUT2D eigenvalue weighted by Gasteiger charge is 2.29. The van der Waals surface area contributed by atoms with E-state index in [4.69, 9.17) is 4.74 Å². The average Bonchev–Trinajstić information content (AvgIpc) is 2.36. The lowest BCUT2D eigenvalue weighted by atomic mass is 9.90. The van der Waals surface area contributed by atoms with Gasteiger partial charge in [-0.05, 0) is 26.0 Å². The van der Waals surface area contributed by atoms with E-state index in [2.05, 4.69) is 9.88 Å². The number of carboxylic acids is 1. The number of ether oxygens (including phenoxy) is 1. The number of pyridine rings is 1. The highest BCUT2D eigenvalue weighted by molar-refractivity contribution is 5.88. The van der Waals surface area contributed by atoms with Crippen molar-refractivity contribution >= 4 is 11.8 Å². The van der Waals surface area contributed by atoms with Crippen LogP contribution in [-0.4, -0.2) is 41.4 Å². The molecular formula is C16H24N2O3. The van der Waals surface area contributed by atoms with Gasteiger partial charge in [0.25, 0.3) is 0 Å². The van der Waals surface area contributed by atoms with Crippen LogP contribution in [0.1, 0.15) is 50.7 Å². The Morgan fingerprint density at radius 2 is 2.05 bits per heavy atom. The molecular weight excluding hydrogens is 268 g/mol. The van der Waals surface area contributed by atoms with Gasteiger partial charge in [0, 0.05) is 24.2 Å². The summed E-state index contributed by atoms with van der Waals surface area (Å²) in [6, 6.07) is 3.32. The molecule has 0 atom stereocenters. The second-order valence-electron chi connectivity index (χ2n) is 7.18. The minimum Gasteiger partial charge on any atom is -0.478 e. The molecule has 0 aliphatic carbocycles. The smallest absolute Gasteiger partial charge is 0.335 e. The molecule has 0 bridgehead atoms. The van der Waals surface area contributed by atoms with Crippen LogP contribution in [0.25, 0.3) is 0 Å². The molecule has 0 saturated carbocycles. The summed E-state index contributed by atoms with van der Waals surface area (Å²) in [4.78, 5) is 18.2. The number of morpholine rings is 1. The van der Waals surface area contributed by atoms with E-state index in [9.17, 15) is 9.90 Å². The molecule has 1 aromatic rings. The third-order valence-corrected chi connectivity index (χ3v) is 3.58. The number of carboxylic acid groups (broad SMARTS) is 1. The van der Waals surface area contributed by atoms with E-state index in [1.165, 1.54) is 0 Å². The Kier molecular flexibility index (Phi) is 3.97. The lowest BCUT2D eigenvalue weighted by Crippen LogP contribution is -2.48. The van der Waals surface area contributed by atoms with Gasteiger partial charge >= 0.3 is 5.97 Å². The van der Waals surface area contributed by atoms with E-state index in [0.717, 1.165) is 18.1 Å². The first-order valence-electron chi connectivity index (χ1n) is 7.23. The maximum absolute atomic E-state index is 11.4. The lowest BCUT2D eigenvalue weighted by molar-refractivity contribution is -0.0279. The number of aromatic nitrogens is 1. The van der Waals surface area contributed by atoms with E-state index in [1.807, 2.05) is 34.6 Å². The average molecular weight is 292 g/mol. The van der Waals surface area contributed by atoms with Crippen LogP contribution in [0.5, 0.6) is 0 Å². The highest BCUT2D eigenvalue weighted by atomic mass is 16.5. The Balaban J connectivity index is 2.43. The summed E-state index contributed by atoms with van der Waals surface area (Å²) in [6.07, 6.45) is 0. The van der Waals surface area contributed by atoms with Gasteiger partial charge in [0.05, 0.1) is 17.8 Å². The van der Waals surface area contributed by atoms with E-state index in [0.29, 0.717) is 13.2 Å². The zero-order valence-electron chi connectivity index (χ0n) is 13.4. The van der Waals surface area contributed by atoms with Crippen LogP contribution in [0.4, 0.5) is 5.82 Å². The molecule has 5 nitrogen and oxygen atoms in total. The van der Waals surface area contributed by atoms with Gasteiger partial charge in [-0.2, -0.15) is 0 Å². The number of anilines is 1. The van der Waals surface area contributed by atoms with Crippen LogP contribution in [-0.2, 0) is 10.2 Å². The fraction of sp³-hybridized carbons (Fsp3) is 0.625. The number of nitrogens with zero attached hydrogens (tertiary/aromatic N) is 2. The molecule has 1 N–H and O–H groups in total. The fourth-order valence-electron chi connectivity index (χ4n) is 2.40. The topological polar surface area (TPSA) is 62.7 Å². The quantitative estimate of drug-likeness (QED) is 0.908. The van der Waals surface area contributed by atoms with Gasteiger partial charge in [0.2, 0.25) is 0 Å². The molecule has 116 valence electrons. The van der Waals surface area contributed by atoms with Crippen molar-refractivity contribution < 1.29 is 14.6 Å². The molecule has 21 heavy (non-hydrogen) atoms. The molecule has 1 aliphatic heterocycles. The first-order valence-corrected chi connectivity index (χ1v) is 7.23. The third-order valence-electron chi connectivity index (χ3n) is 3.58. The molecule has 1 saturated heterocycles. The van der Waals surface area contributed by atoms with Crippen LogP contribution in [0.2, 0.25) is 0 Å². The Labute approximate surface area is 125 Å². The van der Waals surface area contributed by atoms with E-state index in [1.54, 1.807) is 12.1 Å². The minimum absolute atomic E-state index is 0.192. The maximum Gasteiger partial charge on any atom is 0.335 e. The van der Waals surface area contributed by atoms with Crippen molar-refractivity contribution in [3.63, 3.8) is 0 Å². The molecule has 1 aromatic heterocycles. The number of rotatable bonds is 2. The van der Waals surface area contributed by atoms with Crippen LogP contribution >= 0.6 is 0 Å². The molecule has 0 radical (unpaired) electrons. The van der Waals surface area contributed by atoms with Crippen LogP contribution in [0.3, 0.4) is 0 Å². The van der Waals surface area contributed by atoms with Crippen molar-refractivity contribution in [1.82, 2.24) is 4.98 Å². The first-order chi connectivity index (χ1) is 9.58. The van der Waals surface area contributed by atoms with Gasteiger partial charge in [-0.25, -0.2) is 9.78 Å². The molecule has 1 fully saturated rings. The lowest BCUT2D eigenvalue weighted by Gasteiger charge is -2.39. The van der Waals surface area contributed by atoms with E-state index in [-0.39, 0.29) is 16.6 Å². The first kappa shape index (κ1) is 15.8. The summed E-state index contributed by atoms with van der Waals surface area (Å²) >= 11 is 0. The van der Waals surface area contributed by atoms with Crippen molar-refractivity contribution in [2.45, 2.75) is 45.6 Å². The molecule has 2 rings (SSSR count). The predicted octanol–water partition coefficient (Wildman–Crippen LogP) is 2.69. The molecule has 0 aromatic carbocycles. The van der Waals surface area contributed by atoms with Crippen molar-refractivity contribution in [1.29, 1.82) is 0 Å². The normalized spacial score (nSPS) is 18.6. The number of hydrogen-bond donors (Lipinski definition) is 1. The fourth-order valence-corrected chi connectivity index (χ4v) is 2.40. The van der Waals surface area contributed by atoms with Crippen LogP contribution in [0.15, 0.2) is 12.1 Å². The Bertz CT molecular complexity index is 547. The van der Waals surface area contributed by atoms with Crippen molar-refractivity contribution in [3.05, 3.63) is 23.4 Å². The second kappa shape index (κ2) is 5.30. The second-order valence-corrected chi connectivity index (χ2v) is 7.18. The minimum atomic E-state index is -0.920. The molecule has 5 heteroatoms. The maximum atomic E-state index is 11.4. The number of carbonyl (C=O) groups is 1. The van der Waals surface area contributed by atoms with Crippen LogP contribution in [0, 0.1) is 0 Å². The SMILES string of the molecule is CC1(C)CN(c2cc(C(=O)O)cc(C(C)(C)C)n2)CCO1. The van der Waals surface area contributed by atoms with E-state index >= 15 is 0 Å². The molecule has 2 heterocycles. The number of aromatic carboxylic acids is 1. The van der Waals surface area contributed by atoms with Gasteiger partial charge in [-0.15, -0.1) is 0 Å². The zero-order valence-corrected chi connectivity index (χ0v) is 13.4. The molecule has 0 amide bonds. The van der Waals surface area contributed by atoms with Gasteiger partial charge in [0.15, 0.2) is 0 Å². The van der Waals surface area contributed by atoms with Crippen molar-refractivity contribution in [2.24, 2.45) is 0 Å². The molecule has 0 spiro atoms. The van der Waals surface area contributed by atoms with Gasteiger partial charge in [0.1, 0.15) is 5.82 Å². The Hall–Kier alpha value is -1.62. The summed E-state index contributed by atoms with van der Waals surface area (Å²) in [5.74, 6) is -0.201. The van der Waals surface area contributed by atoms with Crippen molar-refractivity contribution in [2.75, 3.05) is 24.6 Å². The zero-order chi connectivity index (χ0) is 15.8. The van der Waals surface area contributed by atoms with Gasteiger partial charge in [-0.3, -0.25) is 0 Å². The monoisotopic (exact) mass is 292 g/mol. The summed E-state index contributed by atoms with van der Waals surface area (Å²) < 4.78 is 5.71.